The van der Waals surface area contributed by atoms with Crippen molar-refractivity contribution < 1.29 is 33.6 Å². The van der Waals surface area contributed by atoms with Gasteiger partial charge in [0.1, 0.15) is 23.6 Å². The predicted octanol–water partition coefficient (Wildman–Crippen LogP) is 2.50. The number of carbonyl (C=O) groups is 7. The first-order chi connectivity index (χ1) is 30.0. The van der Waals surface area contributed by atoms with E-state index in [1.807, 2.05) is 24.0 Å². The number of nitrogens with zero attached hydrogens (tertiary/aromatic N) is 7. The van der Waals surface area contributed by atoms with E-state index in [1.165, 1.54) is 6.07 Å². The molecule has 0 radical (unpaired) electrons. The van der Waals surface area contributed by atoms with Crippen molar-refractivity contribution in [2.24, 2.45) is 5.92 Å². The minimum absolute atomic E-state index is 0.0253. The standard InChI is InChI=1S/C43H50N12O7/c1-25-7-5-10-31(50-25)40(59)51-27-19-28(20-27)54-24-49-37-38(47-23-48-39(37)54)46-21-26-14-17-53(18-15-26)35(58)11-3-2-4-16-44-34(57)22-45-30-9-6-8-29-36(30)43(62)55(42(29)61)32-12-13-33(56)52-41(32)60/h5-10,23-24,26-28,32,45H,2-4,11-22H2,1H3,(H,44,57)(H,51,59)(H,46,47,48)(H,52,56,60)/t27?,28?,32-/m1/s1. The second kappa shape index (κ2) is 18.4. The smallest absolute Gasteiger partial charge is 0.270 e. The Hall–Kier alpha value is -6.79. The van der Waals surface area contributed by atoms with Crippen molar-refractivity contribution in [3.8, 4) is 0 Å². The molecule has 2 saturated heterocycles. The third kappa shape index (κ3) is 9.11. The van der Waals surface area contributed by atoms with Crippen LogP contribution in [0.2, 0.25) is 0 Å². The van der Waals surface area contributed by atoms with E-state index >= 15 is 0 Å². The van der Waals surface area contributed by atoms with Crippen molar-refractivity contribution in [3.63, 3.8) is 0 Å². The Bertz CT molecular complexity index is 2400. The number of rotatable bonds is 16. The predicted molar refractivity (Wildman–Crippen MR) is 225 cm³/mol. The molecule has 4 aliphatic rings. The zero-order chi connectivity index (χ0) is 43.3. The van der Waals surface area contributed by atoms with Gasteiger partial charge in [-0.05, 0) is 82.1 Å². The first kappa shape index (κ1) is 41.9. The fourth-order valence-electron chi connectivity index (χ4n) is 8.60. The van der Waals surface area contributed by atoms with Crippen LogP contribution in [0.15, 0.2) is 49.1 Å². The van der Waals surface area contributed by atoms with Crippen LogP contribution in [0.3, 0.4) is 0 Å². The van der Waals surface area contributed by atoms with Crippen LogP contribution in [0, 0.1) is 12.8 Å². The third-order valence-electron chi connectivity index (χ3n) is 12.1. The van der Waals surface area contributed by atoms with E-state index in [-0.39, 0.29) is 60.3 Å². The summed E-state index contributed by atoms with van der Waals surface area (Å²) < 4.78 is 2.06. The largest absolute Gasteiger partial charge is 0.375 e. The number of pyridine rings is 1. The number of hydrogen-bond donors (Lipinski definition) is 5. The first-order valence-corrected chi connectivity index (χ1v) is 21.3. The number of imide groups is 2. The summed E-state index contributed by atoms with van der Waals surface area (Å²) in [6.07, 6.45) is 9.35. The number of nitrogens with one attached hydrogen (secondary N) is 5. The number of aromatic nitrogens is 5. The number of anilines is 2. The maximum absolute atomic E-state index is 13.3. The molecule has 19 nitrogen and oxygen atoms in total. The van der Waals surface area contributed by atoms with Crippen LogP contribution in [0.5, 0.6) is 0 Å². The second-order valence-corrected chi connectivity index (χ2v) is 16.4. The molecule has 1 saturated carbocycles. The highest BCUT2D eigenvalue weighted by Crippen LogP contribution is 2.36. The van der Waals surface area contributed by atoms with Crippen molar-refractivity contribution in [1.29, 1.82) is 0 Å². The summed E-state index contributed by atoms with van der Waals surface area (Å²) in [6, 6.07) is 9.25. The number of piperidine rings is 2. The number of likely N-dealkylation sites (tertiary alicyclic amines) is 1. The SMILES string of the molecule is Cc1cccc(C(=O)NC2CC(n3cnc4c(NCC5CCN(C(=O)CCCCCNC(=O)CNc6cccc7c6C(=O)N([C@@H]6CCC(=O)NC6=O)C7=O)CC5)ncnc43)C2)n1. The van der Waals surface area contributed by atoms with Crippen molar-refractivity contribution in [1.82, 2.24) is 50.3 Å². The number of amides is 7. The lowest BCUT2D eigenvalue weighted by molar-refractivity contribution is -0.136. The van der Waals surface area contributed by atoms with Crippen LogP contribution in [0.25, 0.3) is 11.2 Å². The molecule has 3 aromatic heterocycles. The molecule has 1 atom stereocenters. The van der Waals surface area contributed by atoms with Gasteiger partial charge in [0.05, 0.1) is 24.0 Å². The molecule has 1 aliphatic carbocycles. The highest BCUT2D eigenvalue weighted by atomic mass is 16.2. The first-order valence-electron chi connectivity index (χ1n) is 21.3. The summed E-state index contributed by atoms with van der Waals surface area (Å²) in [5.74, 6) is -1.66. The fourth-order valence-corrected chi connectivity index (χ4v) is 8.60. The normalized spacial score (nSPS) is 20.1. The zero-order valence-corrected chi connectivity index (χ0v) is 34.5. The Morgan fingerprint density at radius 3 is 2.48 bits per heavy atom. The topological polar surface area (TPSA) is 243 Å². The quantitative estimate of drug-likeness (QED) is 0.0806. The van der Waals surface area contributed by atoms with Crippen molar-refractivity contribution in [2.45, 2.75) is 89.3 Å². The summed E-state index contributed by atoms with van der Waals surface area (Å²) in [6.45, 7) is 4.25. The van der Waals surface area contributed by atoms with Crippen LogP contribution in [-0.4, -0.2) is 120 Å². The Labute approximate surface area is 357 Å². The van der Waals surface area contributed by atoms with Gasteiger partial charge < -0.3 is 30.7 Å². The molecule has 7 amide bonds. The number of unbranched alkanes of at least 4 members (excludes halogenated alkanes) is 2. The van der Waals surface area contributed by atoms with Crippen LogP contribution in [-0.2, 0) is 19.2 Å². The number of hydrogen-bond acceptors (Lipinski definition) is 13. The van der Waals surface area contributed by atoms with Crippen molar-refractivity contribution in [2.75, 3.05) is 43.4 Å². The average Bonchev–Trinajstić information content (AvgIpc) is 3.79. The van der Waals surface area contributed by atoms with E-state index in [4.69, 9.17) is 0 Å². The molecule has 1 aromatic carbocycles. The Morgan fingerprint density at radius 1 is 0.887 bits per heavy atom. The summed E-state index contributed by atoms with van der Waals surface area (Å²) >= 11 is 0. The minimum Gasteiger partial charge on any atom is -0.375 e. The molecule has 62 heavy (non-hydrogen) atoms. The van der Waals surface area contributed by atoms with Gasteiger partial charge in [-0.3, -0.25) is 43.8 Å². The van der Waals surface area contributed by atoms with Crippen LogP contribution in [0.4, 0.5) is 11.5 Å². The molecule has 6 heterocycles. The molecule has 3 aliphatic heterocycles. The highest BCUT2D eigenvalue weighted by Gasteiger charge is 2.45. The fraction of sp³-hybridized carbons (Fsp3) is 0.465. The van der Waals surface area contributed by atoms with Gasteiger partial charge >= 0.3 is 0 Å². The van der Waals surface area contributed by atoms with Crippen molar-refractivity contribution in [3.05, 3.63) is 71.6 Å². The van der Waals surface area contributed by atoms with E-state index < -0.39 is 29.7 Å². The molecular weight excluding hydrogens is 797 g/mol. The van der Waals surface area contributed by atoms with E-state index in [0.717, 1.165) is 48.3 Å². The zero-order valence-electron chi connectivity index (χ0n) is 34.5. The maximum atomic E-state index is 13.3. The molecule has 8 rings (SSSR count). The third-order valence-corrected chi connectivity index (χ3v) is 12.1. The van der Waals surface area contributed by atoms with E-state index in [0.29, 0.717) is 74.1 Å². The number of fused-ring (bicyclic) bond motifs is 2. The van der Waals surface area contributed by atoms with Gasteiger partial charge in [0.2, 0.25) is 23.6 Å². The number of aryl methyl sites for hydroxylation is 1. The number of imidazole rings is 1. The van der Waals surface area contributed by atoms with E-state index in [9.17, 15) is 33.6 Å². The lowest BCUT2D eigenvalue weighted by Gasteiger charge is -2.36. The van der Waals surface area contributed by atoms with Crippen molar-refractivity contribution >= 4 is 64.0 Å². The van der Waals surface area contributed by atoms with Gasteiger partial charge in [-0.2, -0.15) is 0 Å². The van der Waals surface area contributed by atoms with Crippen LogP contribution in [0.1, 0.15) is 107 Å². The number of benzene rings is 1. The molecule has 19 heteroatoms. The van der Waals surface area contributed by atoms with Crippen LogP contribution < -0.4 is 26.6 Å². The molecule has 4 aromatic rings. The molecule has 0 spiro atoms. The highest BCUT2D eigenvalue weighted by molar-refractivity contribution is 6.25. The van der Waals surface area contributed by atoms with Gasteiger partial charge in [-0.1, -0.05) is 18.6 Å². The van der Waals surface area contributed by atoms with E-state index in [1.54, 1.807) is 30.9 Å². The molecule has 0 bridgehead atoms. The lowest BCUT2D eigenvalue weighted by atomic mass is 9.86. The summed E-state index contributed by atoms with van der Waals surface area (Å²) in [5.41, 5.74) is 3.22. The lowest BCUT2D eigenvalue weighted by Crippen LogP contribution is -2.54. The van der Waals surface area contributed by atoms with Gasteiger partial charge in [0, 0.05) is 62.5 Å². The Kier molecular flexibility index (Phi) is 12.5. The molecule has 5 N–H and O–H groups in total. The number of carbonyl (C=O) groups excluding carboxylic acids is 7. The van der Waals surface area contributed by atoms with Gasteiger partial charge in [0.15, 0.2) is 11.5 Å². The molecule has 324 valence electrons. The monoisotopic (exact) mass is 846 g/mol. The van der Waals surface area contributed by atoms with Gasteiger partial charge in [-0.15, -0.1) is 0 Å². The van der Waals surface area contributed by atoms with Gasteiger partial charge in [0.25, 0.3) is 17.7 Å². The van der Waals surface area contributed by atoms with Gasteiger partial charge in [-0.25, -0.2) is 19.9 Å². The summed E-state index contributed by atoms with van der Waals surface area (Å²) in [7, 11) is 0. The maximum Gasteiger partial charge on any atom is 0.270 e. The molecule has 0 unspecified atom stereocenters. The summed E-state index contributed by atoms with van der Waals surface area (Å²) in [4.78, 5) is 109. The Morgan fingerprint density at radius 2 is 1.69 bits per heavy atom. The average molecular weight is 847 g/mol. The Balaban J connectivity index is 0.699. The minimum atomic E-state index is -1.07. The van der Waals surface area contributed by atoms with E-state index in [2.05, 4.69) is 51.1 Å². The van der Waals surface area contributed by atoms with Crippen LogP contribution >= 0.6 is 0 Å². The second-order valence-electron chi connectivity index (χ2n) is 16.4. The summed E-state index contributed by atoms with van der Waals surface area (Å²) in [5, 5.41) is 14.5. The molecule has 3 fully saturated rings. The molecular formula is C43H50N12O7.